The second-order valence-corrected chi connectivity index (χ2v) is 9.68. The number of aromatic hydroxyl groups is 1. The number of nitrogens with one attached hydrogen (secondary N) is 2. The number of carbonyl (C=O) groups excluding carboxylic acids is 4. The molecule has 1 spiro atoms. The molecular formula is C28H22FN3O6. The van der Waals surface area contributed by atoms with Crippen LogP contribution >= 0.6 is 0 Å². The maximum atomic E-state index is 14.4. The maximum Gasteiger partial charge on any atom is 0.308 e. The number of hydrogen-bond acceptors (Lipinski definition) is 7. The average Bonchev–Trinajstić information content (AvgIpc) is 3.45. The van der Waals surface area contributed by atoms with E-state index in [1.54, 1.807) is 12.1 Å². The molecule has 0 aromatic heterocycles. The van der Waals surface area contributed by atoms with Crippen LogP contribution in [-0.2, 0) is 31.1 Å². The first-order chi connectivity index (χ1) is 18.2. The van der Waals surface area contributed by atoms with Gasteiger partial charge in [-0.25, -0.2) is 9.29 Å². The van der Waals surface area contributed by atoms with Gasteiger partial charge in [0.1, 0.15) is 22.9 Å². The van der Waals surface area contributed by atoms with Crippen LogP contribution in [0.25, 0.3) is 0 Å². The Bertz CT molecular complexity index is 1510. The lowest BCUT2D eigenvalue weighted by molar-refractivity contribution is -0.132. The number of amides is 3. The van der Waals surface area contributed by atoms with Crippen molar-refractivity contribution in [3.05, 3.63) is 83.7 Å². The second-order valence-electron chi connectivity index (χ2n) is 9.68. The predicted octanol–water partition coefficient (Wildman–Crippen LogP) is 2.62. The summed E-state index contributed by atoms with van der Waals surface area (Å²) >= 11 is 0. The van der Waals surface area contributed by atoms with Gasteiger partial charge in [-0.05, 0) is 66.6 Å². The van der Waals surface area contributed by atoms with Crippen LogP contribution in [0.5, 0.6) is 11.5 Å². The predicted molar refractivity (Wildman–Crippen MR) is 133 cm³/mol. The summed E-state index contributed by atoms with van der Waals surface area (Å²) in [7, 11) is 0. The number of fused-ring (bicyclic) bond motifs is 4. The fraction of sp³-hybridized carbons (Fsp3) is 0.214. The Hall–Kier alpha value is -4.57. The minimum absolute atomic E-state index is 0.0811. The van der Waals surface area contributed by atoms with E-state index in [1.165, 1.54) is 61.5 Å². The van der Waals surface area contributed by atoms with Crippen LogP contribution in [0.3, 0.4) is 0 Å². The molecule has 6 rings (SSSR count). The number of phenolic OH excluding ortho intramolecular Hbond substituents is 1. The van der Waals surface area contributed by atoms with Crippen molar-refractivity contribution in [2.24, 2.45) is 11.8 Å². The highest BCUT2D eigenvalue weighted by atomic mass is 19.1. The number of carbonyl (C=O) groups is 4. The molecule has 0 aliphatic carbocycles. The van der Waals surface area contributed by atoms with Crippen LogP contribution in [0.1, 0.15) is 18.1 Å². The average molecular weight is 515 g/mol. The summed E-state index contributed by atoms with van der Waals surface area (Å²) in [5.74, 6) is -4.43. The van der Waals surface area contributed by atoms with E-state index in [0.717, 1.165) is 10.5 Å². The van der Waals surface area contributed by atoms with Crippen molar-refractivity contribution in [2.45, 2.75) is 24.9 Å². The molecule has 3 aliphatic heterocycles. The fourth-order valence-electron chi connectivity index (χ4n) is 5.92. The Morgan fingerprint density at radius 3 is 2.42 bits per heavy atom. The largest absolute Gasteiger partial charge is 0.508 e. The van der Waals surface area contributed by atoms with E-state index in [-0.39, 0.29) is 29.2 Å². The number of benzene rings is 3. The smallest absolute Gasteiger partial charge is 0.308 e. The summed E-state index contributed by atoms with van der Waals surface area (Å²) in [5, 5.41) is 15.7. The first kappa shape index (κ1) is 23.8. The Balaban J connectivity index is 1.45. The normalized spacial score (nSPS) is 25.5. The molecule has 0 bridgehead atoms. The zero-order chi connectivity index (χ0) is 26.8. The first-order valence-electron chi connectivity index (χ1n) is 12.0. The number of esters is 1. The number of hydrogen-bond donors (Lipinski definition) is 3. The molecule has 38 heavy (non-hydrogen) atoms. The van der Waals surface area contributed by atoms with E-state index < -0.39 is 52.9 Å². The molecule has 192 valence electrons. The highest BCUT2D eigenvalue weighted by Gasteiger charge is 2.70. The molecule has 3 heterocycles. The monoisotopic (exact) mass is 515 g/mol. The lowest BCUT2D eigenvalue weighted by Gasteiger charge is -2.29. The van der Waals surface area contributed by atoms with Gasteiger partial charge in [0.25, 0.3) is 0 Å². The van der Waals surface area contributed by atoms with Gasteiger partial charge >= 0.3 is 5.97 Å². The molecule has 3 amide bonds. The number of halogens is 1. The van der Waals surface area contributed by atoms with Gasteiger partial charge in [-0.2, -0.15) is 0 Å². The van der Waals surface area contributed by atoms with Gasteiger partial charge in [-0.15, -0.1) is 0 Å². The summed E-state index contributed by atoms with van der Waals surface area (Å²) < 4.78 is 19.5. The van der Waals surface area contributed by atoms with Crippen molar-refractivity contribution in [1.29, 1.82) is 0 Å². The molecule has 0 unspecified atom stereocenters. The molecular weight excluding hydrogens is 493 g/mol. The van der Waals surface area contributed by atoms with Gasteiger partial charge in [0, 0.05) is 24.2 Å². The number of ether oxygens (including phenoxy) is 1. The van der Waals surface area contributed by atoms with Gasteiger partial charge in [0.15, 0.2) is 0 Å². The third-order valence-electron chi connectivity index (χ3n) is 7.43. The second kappa shape index (κ2) is 8.49. The van der Waals surface area contributed by atoms with E-state index in [4.69, 9.17) is 4.74 Å². The minimum atomic E-state index is -1.65. The number of anilines is 2. The van der Waals surface area contributed by atoms with Gasteiger partial charge < -0.3 is 15.2 Å². The van der Waals surface area contributed by atoms with Crippen LogP contribution in [0, 0.1) is 17.7 Å². The zero-order valence-electron chi connectivity index (χ0n) is 20.1. The van der Waals surface area contributed by atoms with Gasteiger partial charge in [0.05, 0.1) is 17.5 Å². The standard InChI is InChI=1S/C28H22FN3O6/c1-14(33)38-19-9-5-17(6-10-19)32-25(35)23-22(12-15-2-7-18(34)8-3-15)31-28(24(23)26(32)36)20-13-16(29)4-11-21(20)30-27(28)37/h2-11,13,22-24,31,34H,12H2,1H3,(H,30,37)/t22-,23+,24-,28+/m0/s1. The third kappa shape index (κ3) is 3.48. The summed E-state index contributed by atoms with van der Waals surface area (Å²) in [4.78, 5) is 53.7. The molecule has 9 nitrogen and oxygen atoms in total. The van der Waals surface area contributed by atoms with E-state index in [2.05, 4.69) is 10.6 Å². The summed E-state index contributed by atoms with van der Waals surface area (Å²) in [5.41, 5.74) is 0.0412. The van der Waals surface area contributed by atoms with E-state index >= 15 is 0 Å². The Kier molecular flexibility index (Phi) is 5.32. The van der Waals surface area contributed by atoms with Crippen LogP contribution < -0.4 is 20.3 Å². The van der Waals surface area contributed by atoms with Crippen molar-refractivity contribution < 1.29 is 33.4 Å². The van der Waals surface area contributed by atoms with Crippen LogP contribution in [-0.4, -0.2) is 34.8 Å². The minimum Gasteiger partial charge on any atom is -0.508 e. The van der Waals surface area contributed by atoms with Crippen molar-refractivity contribution in [3.63, 3.8) is 0 Å². The molecule has 3 aromatic rings. The highest BCUT2D eigenvalue weighted by Crippen LogP contribution is 2.54. The topological polar surface area (TPSA) is 125 Å². The Morgan fingerprint density at radius 1 is 1.03 bits per heavy atom. The third-order valence-corrected chi connectivity index (χ3v) is 7.43. The Labute approximate surface area is 216 Å². The Morgan fingerprint density at radius 2 is 1.74 bits per heavy atom. The van der Waals surface area contributed by atoms with Crippen molar-refractivity contribution in [3.8, 4) is 11.5 Å². The molecule has 4 atom stereocenters. The van der Waals surface area contributed by atoms with E-state index in [1.807, 2.05) is 0 Å². The van der Waals surface area contributed by atoms with Crippen molar-refractivity contribution in [1.82, 2.24) is 5.32 Å². The highest BCUT2D eigenvalue weighted by molar-refractivity contribution is 6.25. The van der Waals surface area contributed by atoms with Crippen molar-refractivity contribution >= 4 is 35.1 Å². The molecule has 3 N–H and O–H groups in total. The number of imide groups is 1. The van der Waals surface area contributed by atoms with Gasteiger partial charge in [-0.3, -0.25) is 24.5 Å². The number of phenols is 1. The SMILES string of the molecule is CC(=O)Oc1ccc(N2C(=O)[C@@H]3[C@H](Cc4ccc(O)cc4)N[C@@]4(C(=O)Nc5ccc(F)cc54)[C@@H]3C2=O)cc1. The quantitative estimate of drug-likeness (QED) is 0.277. The van der Waals surface area contributed by atoms with Gasteiger partial charge in [-0.1, -0.05) is 12.1 Å². The van der Waals surface area contributed by atoms with Crippen LogP contribution in [0.15, 0.2) is 66.7 Å². The summed E-state index contributed by atoms with van der Waals surface area (Å²) in [6, 6.07) is 15.6. The molecule has 2 fully saturated rings. The molecule has 0 radical (unpaired) electrons. The van der Waals surface area contributed by atoms with Crippen molar-refractivity contribution in [2.75, 3.05) is 10.2 Å². The fourth-order valence-corrected chi connectivity index (χ4v) is 5.92. The maximum absolute atomic E-state index is 14.4. The van der Waals surface area contributed by atoms with Gasteiger partial charge in [0.2, 0.25) is 17.7 Å². The molecule has 2 saturated heterocycles. The van der Waals surface area contributed by atoms with Crippen LogP contribution in [0.2, 0.25) is 0 Å². The summed E-state index contributed by atoms with van der Waals surface area (Å²) in [6.07, 6.45) is 0.277. The summed E-state index contributed by atoms with van der Waals surface area (Å²) in [6.45, 7) is 1.26. The van der Waals surface area contributed by atoms with E-state index in [9.17, 15) is 28.7 Å². The number of nitrogens with zero attached hydrogens (tertiary/aromatic N) is 1. The first-order valence-corrected chi connectivity index (χ1v) is 12.0. The lowest BCUT2D eigenvalue weighted by Crippen LogP contribution is -2.53. The number of rotatable bonds is 4. The van der Waals surface area contributed by atoms with E-state index in [0.29, 0.717) is 5.69 Å². The lowest BCUT2D eigenvalue weighted by atomic mass is 9.76. The molecule has 3 aliphatic rings. The molecule has 3 aromatic carbocycles. The molecule has 10 heteroatoms. The molecule has 0 saturated carbocycles. The van der Waals surface area contributed by atoms with Crippen LogP contribution in [0.4, 0.5) is 15.8 Å². The zero-order valence-corrected chi connectivity index (χ0v) is 20.1.